The van der Waals surface area contributed by atoms with Crippen molar-refractivity contribution in [3.05, 3.63) is 82.9 Å². The van der Waals surface area contributed by atoms with E-state index in [0.29, 0.717) is 6.54 Å². The minimum Gasteiger partial charge on any atom is -0.457 e. The minimum atomic E-state index is 0.700. The number of halogens is 1. The molecule has 0 atom stereocenters. The molecule has 0 aliphatic rings. The van der Waals surface area contributed by atoms with E-state index < -0.39 is 0 Å². The SMILES string of the molecule is Cc1cc(Cl)cc2c(CCCCN)c(-c3ccccc3Oc3ccccc3)[nH]c12. The number of rotatable bonds is 7. The van der Waals surface area contributed by atoms with Gasteiger partial charge in [0, 0.05) is 21.5 Å². The average Bonchev–Trinajstić information content (AvgIpc) is 3.08. The zero-order valence-corrected chi connectivity index (χ0v) is 17.3. The molecular formula is C25H25ClN2O. The van der Waals surface area contributed by atoms with E-state index in [1.54, 1.807) is 0 Å². The highest BCUT2D eigenvalue weighted by Gasteiger charge is 2.18. The fraction of sp³-hybridized carbons (Fsp3) is 0.200. The molecule has 1 aromatic heterocycles. The van der Waals surface area contributed by atoms with Gasteiger partial charge < -0.3 is 15.5 Å². The number of unbranched alkanes of at least 4 members (excludes halogenated alkanes) is 1. The van der Waals surface area contributed by atoms with E-state index in [4.69, 9.17) is 22.1 Å². The maximum atomic E-state index is 6.39. The summed E-state index contributed by atoms with van der Waals surface area (Å²) in [6, 6.07) is 22.1. The number of aromatic amines is 1. The monoisotopic (exact) mass is 404 g/mol. The van der Waals surface area contributed by atoms with Crippen LogP contribution in [0.1, 0.15) is 24.0 Å². The topological polar surface area (TPSA) is 51.0 Å². The van der Waals surface area contributed by atoms with Crippen LogP contribution < -0.4 is 10.5 Å². The van der Waals surface area contributed by atoms with Crippen LogP contribution in [0.5, 0.6) is 11.5 Å². The maximum absolute atomic E-state index is 6.39. The number of fused-ring (bicyclic) bond motifs is 1. The van der Waals surface area contributed by atoms with Gasteiger partial charge in [0.2, 0.25) is 0 Å². The van der Waals surface area contributed by atoms with E-state index in [2.05, 4.69) is 24.0 Å². The zero-order chi connectivity index (χ0) is 20.2. The summed E-state index contributed by atoms with van der Waals surface area (Å²) in [5.74, 6) is 1.65. The number of hydrogen-bond acceptors (Lipinski definition) is 2. The standard InChI is InChI=1S/C25H25ClN2O/c1-17-15-18(26)16-22-20(11-7-8-14-27)25(28-24(17)22)21-12-5-6-13-23(21)29-19-9-3-2-4-10-19/h2-6,9-10,12-13,15-16,28H,7-8,11,14,27H2,1H3. The smallest absolute Gasteiger partial charge is 0.136 e. The Morgan fingerprint density at radius 3 is 2.52 bits per heavy atom. The van der Waals surface area contributed by atoms with E-state index >= 15 is 0 Å². The fourth-order valence-corrected chi connectivity index (χ4v) is 4.07. The summed E-state index contributed by atoms with van der Waals surface area (Å²) in [6.45, 7) is 2.79. The van der Waals surface area contributed by atoms with Crippen molar-refractivity contribution in [3.63, 3.8) is 0 Å². The van der Waals surface area contributed by atoms with E-state index in [9.17, 15) is 0 Å². The molecule has 29 heavy (non-hydrogen) atoms. The van der Waals surface area contributed by atoms with Crippen molar-refractivity contribution in [2.24, 2.45) is 5.73 Å². The van der Waals surface area contributed by atoms with Gasteiger partial charge in [0.25, 0.3) is 0 Å². The van der Waals surface area contributed by atoms with E-state index in [1.807, 2.05) is 54.6 Å². The summed E-state index contributed by atoms with van der Waals surface area (Å²) in [4.78, 5) is 3.66. The van der Waals surface area contributed by atoms with Crippen molar-refractivity contribution in [2.75, 3.05) is 6.54 Å². The Bertz CT molecular complexity index is 1120. The van der Waals surface area contributed by atoms with E-state index in [0.717, 1.165) is 58.1 Å². The lowest BCUT2D eigenvalue weighted by Gasteiger charge is -2.12. The summed E-state index contributed by atoms with van der Waals surface area (Å²) >= 11 is 6.39. The van der Waals surface area contributed by atoms with Gasteiger partial charge in [0.15, 0.2) is 0 Å². The van der Waals surface area contributed by atoms with Crippen LogP contribution in [0.4, 0.5) is 0 Å². The van der Waals surface area contributed by atoms with Crippen LogP contribution in [-0.2, 0) is 6.42 Å². The number of nitrogens with two attached hydrogens (primary N) is 1. The second kappa shape index (κ2) is 8.73. The van der Waals surface area contributed by atoms with Crippen molar-refractivity contribution in [3.8, 4) is 22.8 Å². The molecule has 0 bridgehead atoms. The molecule has 0 spiro atoms. The van der Waals surface area contributed by atoms with Gasteiger partial charge >= 0.3 is 0 Å². The predicted molar refractivity (Wildman–Crippen MR) is 122 cm³/mol. The number of nitrogens with one attached hydrogen (secondary N) is 1. The second-order valence-electron chi connectivity index (χ2n) is 7.28. The molecule has 4 aromatic rings. The Morgan fingerprint density at radius 1 is 0.966 bits per heavy atom. The zero-order valence-electron chi connectivity index (χ0n) is 16.5. The molecule has 1 heterocycles. The van der Waals surface area contributed by atoms with Gasteiger partial charge in [-0.1, -0.05) is 41.9 Å². The van der Waals surface area contributed by atoms with Gasteiger partial charge in [-0.05, 0) is 80.3 Å². The first kappa shape index (κ1) is 19.6. The van der Waals surface area contributed by atoms with Crippen LogP contribution in [0.3, 0.4) is 0 Å². The van der Waals surface area contributed by atoms with Crippen molar-refractivity contribution < 1.29 is 4.74 Å². The molecule has 0 amide bonds. The second-order valence-corrected chi connectivity index (χ2v) is 7.72. The van der Waals surface area contributed by atoms with Crippen molar-refractivity contribution in [2.45, 2.75) is 26.2 Å². The number of ether oxygens (including phenoxy) is 1. The molecule has 0 saturated carbocycles. The summed E-state index contributed by atoms with van der Waals surface area (Å²) in [5.41, 5.74) is 11.4. The maximum Gasteiger partial charge on any atom is 0.136 e. The average molecular weight is 405 g/mol. The molecule has 0 unspecified atom stereocenters. The highest BCUT2D eigenvalue weighted by atomic mass is 35.5. The van der Waals surface area contributed by atoms with Crippen LogP contribution in [0.2, 0.25) is 5.02 Å². The molecule has 0 fully saturated rings. The number of aryl methyl sites for hydroxylation is 2. The Morgan fingerprint density at radius 2 is 1.72 bits per heavy atom. The quantitative estimate of drug-likeness (QED) is 0.330. The number of hydrogen-bond donors (Lipinski definition) is 2. The number of H-pyrrole nitrogens is 1. The number of aromatic nitrogens is 1. The fourth-order valence-electron chi connectivity index (χ4n) is 3.80. The third-order valence-corrected chi connectivity index (χ3v) is 5.40. The van der Waals surface area contributed by atoms with Gasteiger partial charge in [-0.25, -0.2) is 0 Å². The van der Waals surface area contributed by atoms with Crippen LogP contribution in [0, 0.1) is 6.92 Å². The van der Waals surface area contributed by atoms with Gasteiger partial charge in [0.1, 0.15) is 11.5 Å². The van der Waals surface area contributed by atoms with Gasteiger partial charge in [0.05, 0.1) is 5.69 Å². The predicted octanol–water partition coefficient (Wildman–Crippen LogP) is 6.87. The normalized spacial score (nSPS) is 11.1. The molecule has 3 aromatic carbocycles. The minimum absolute atomic E-state index is 0.700. The van der Waals surface area contributed by atoms with Crippen LogP contribution in [0.25, 0.3) is 22.2 Å². The Balaban J connectivity index is 1.85. The first-order valence-electron chi connectivity index (χ1n) is 10.0. The van der Waals surface area contributed by atoms with Crippen LogP contribution in [-0.4, -0.2) is 11.5 Å². The van der Waals surface area contributed by atoms with Crippen LogP contribution in [0.15, 0.2) is 66.7 Å². The summed E-state index contributed by atoms with van der Waals surface area (Å²) in [5, 5.41) is 1.94. The van der Waals surface area contributed by atoms with Gasteiger partial charge in [-0.15, -0.1) is 0 Å². The molecule has 148 valence electrons. The first-order valence-corrected chi connectivity index (χ1v) is 10.4. The number of benzene rings is 3. The lowest BCUT2D eigenvalue weighted by molar-refractivity contribution is 0.484. The van der Waals surface area contributed by atoms with E-state index in [-0.39, 0.29) is 0 Å². The molecule has 0 aliphatic carbocycles. The molecule has 0 aliphatic heterocycles. The third-order valence-electron chi connectivity index (χ3n) is 5.19. The molecule has 4 rings (SSSR count). The van der Waals surface area contributed by atoms with Crippen LogP contribution >= 0.6 is 11.6 Å². The lowest BCUT2D eigenvalue weighted by atomic mass is 9.99. The molecule has 0 saturated heterocycles. The summed E-state index contributed by atoms with van der Waals surface area (Å²) < 4.78 is 6.23. The largest absolute Gasteiger partial charge is 0.457 e. The molecule has 4 heteroatoms. The van der Waals surface area contributed by atoms with Crippen molar-refractivity contribution >= 4 is 22.5 Å². The highest BCUT2D eigenvalue weighted by molar-refractivity contribution is 6.31. The Labute approximate surface area is 176 Å². The lowest BCUT2D eigenvalue weighted by Crippen LogP contribution is -1.99. The number of para-hydroxylation sites is 2. The van der Waals surface area contributed by atoms with Crippen molar-refractivity contribution in [1.29, 1.82) is 0 Å². The molecular weight excluding hydrogens is 380 g/mol. The summed E-state index contributed by atoms with van der Waals surface area (Å²) in [7, 11) is 0. The highest BCUT2D eigenvalue weighted by Crippen LogP contribution is 2.39. The van der Waals surface area contributed by atoms with Gasteiger partial charge in [-0.2, -0.15) is 0 Å². The van der Waals surface area contributed by atoms with Gasteiger partial charge in [-0.3, -0.25) is 0 Å². The first-order chi connectivity index (χ1) is 14.2. The summed E-state index contributed by atoms with van der Waals surface area (Å²) in [6.07, 6.45) is 2.96. The third kappa shape index (κ3) is 4.16. The molecule has 3 N–H and O–H groups in total. The molecule has 0 radical (unpaired) electrons. The van der Waals surface area contributed by atoms with Crippen molar-refractivity contribution in [1.82, 2.24) is 4.98 Å². The Hall–Kier alpha value is -2.75. The molecule has 3 nitrogen and oxygen atoms in total. The van der Waals surface area contributed by atoms with E-state index in [1.165, 1.54) is 10.9 Å². The Kier molecular flexibility index (Phi) is 5.89.